The second-order valence-electron chi connectivity index (χ2n) is 2.68. The normalized spacial score (nSPS) is 40.9. The van der Waals surface area contributed by atoms with Crippen LogP contribution in [0.3, 0.4) is 0 Å². The fourth-order valence-electron chi connectivity index (χ4n) is 1.16. The number of aliphatic hydroxyl groups is 1. The topological polar surface area (TPSA) is 23.5 Å². The van der Waals surface area contributed by atoms with Crippen LogP contribution >= 0.6 is 0 Å². The van der Waals surface area contributed by atoms with E-state index in [1.54, 1.807) is 0 Å². The van der Waals surface area contributed by atoms with Crippen molar-refractivity contribution in [3.05, 3.63) is 0 Å². The third-order valence-corrected chi connectivity index (χ3v) is 1.86. The van der Waals surface area contributed by atoms with Gasteiger partial charge in [0.2, 0.25) is 0 Å². The molecule has 0 amide bonds. The number of likely N-dealkylation sites (tertiary alicyclic amines) is 1. The zero-order valence-electron chi connectivity index (χ0n) is 5.46. The van der Waals surface area contributed by atoms with Gasteiger partial charge in [0.05, 0.1) is 6.10 Å². The minimum Gasteiger partial charge on any atom is -0.392 e. The van der Waals surface area contributed by atoms with Gasteiger partial charge in [-0.3, -0.25) is 0 Å². The number of hydrogen-bond acceptors (Lipinski definition) is 2. The SMILES string of the molecule is C[C@@H]1C[C@H](O)CN1C. The molecule has 2 nitrogen and oxygen atoms in total. The number of rotatable bonds is 0. The molecule has 0 spiro atoms. The molecule has 0 bridgehead atoms. The van der Waals surface area contributed by atoms with Crippen molar-refractivity contribution in [2.75, 3.05) is 13.6 Å². The van der Waals surface area contributed by atoms with E-state index in [9.17, 15) is 0 Å². The van der Waals surface area contributed by atoms with Crippen LogP contribution in [0, 0.1) is 0 Å². The zero-order valence-corrected chi connectivity index (χ0v) is 5.46. The molecule has 0 aromatic rings. The van der Waals surface area contributed by atoms with Crippen LogP contribution in [0.25, 0.3) is 0 Å². The summed E-state index contributed by atoms with van der Waals surface area (Å²) in [6.07, 6.45) is 0.867. The summed E-state index contributed by atoms with van der Waals surface area (Å²) < 4.78 is 0. The van der Waals surface area contributed by atoms with E-state index in [1.807, 2.05) is 7.05 Å². The number of nitrogens with zero attached hydrogens (tertiary/aromatic N) is 1. The van der Waals surface area contributed by atoms with Crippen LogP contribution in [0.4, 0.5) is 0 Å². The number of β-amino-alcohol motifs (C(OH)–C–C–N with tert-alkyl or cyclic N) is 1. The highest BCUT2D eigenvalue weighted by atomic mass is 16.3. The Kier molecular flexibility index (Phi) is 1.54. The van der Waals surface area contributed by atoms with Gasteiger partial charge in [-0.2, -0.15) is 0 Å². The Morgan fingerprint density at radius 3 is 2.38 bits per heavy atom. The molecule has 1 heterocycles. The Morgan fingerprint density at radius 1 is 1.62 bits per heavy atom. The Bertz CT molecular complexity index is 74.6. The van der Waals surface area contributed by atoms with Crippen molar-refractivity contribution < 1.29 is 5.11 Å². The lowest BCUT2D eigenvalue weighted by Gasteiger charge is -2.11. The second-order valence-corrected chi connectivity index (χ2v) is 2.68. The summed E-state index contributed by atoms with van der Waals surface area (Å²) in [4.78, 5) is 2.17. The van der Waals surface area contributed by atoms with E-state index < -0.39 is 0 Å². The Morgan fingerprint density at radius 2 is 2.25 bits per heavy atom. The van der Waals surface area contributed by atoms with Crippen molar-refractivity contribution in [3.8, 4) is 0 Å². The molecule has 0 radical (unpaired) electrons. The Hall–Kier alpha value is -0.0800. The van der Waals surface area contributed by atoms with Gasteiger partial charge < -0.3 is 10.0 Å². The van der Waals surface area contributed by atoms with Gasteiger partial charge in [-0.15, -0.1) is 0 Å². The van der Waals surface area contributed by atoms with Crippen LogP contribution in [0.2, 0.25) is 0 Å². The first-order chi connectivity index (χ1) is 3.70. The maximum Gasteiger partial charge on any atom is 0.0681 e. The van der Waals surface area contributed by atoms with Crippen LogP contribution in [-0.4, -0.2) is 35.7 Å². The summed E-state index contributed by atoms with van der Waals surface area (Å²) >= 11 is 0. The Labute approximate surface area is 50.1 Å². The van der Waals surface area contributed by atoms with Crippen molar-refractivity contribution in [1.82, 2.24) is 4.90 Å². The van der Waals surface area contributed by atoms with Gasteiger partial charge in [-0.25, -0.2) is 0 Å². The van der Waals surface area contributed by atoms with E-state index in [4.69, 9.17) is 5.11 Å². The summed E-state index contributed by atoms with van der Waals surface area (Å²) in [6, 6.07) is 0.574. The molecule has 1 N–H and O–H groups in total. The molecule has 1 rings (SSSR count). The number of hydrogen-bond donors (Lipinski definition) is 1. The van der Waals surface area contributed by atoms with Gasteiger partial charge in [-0.1, -0.05) is 0 Å². The minimum atomic E-state index is -0.0741. The fraction of sp³-hybridized carbons (Fsp3) is 1.00. The zero-order chi connectivity index (χ0) is 6.15. The molecule has 1 saturated heterocycles. The molecule has 2 heteroatoms. The van der Waals surface area contributed by atoms with Crippen LogP contribution in [-0.2, 0) is 0 Å². The van der Waals surface area contributed by atoms with Crippen LogP contribution in [0.5, 0.6) is 0 Å². The molecule has 0 aromatic carbocycles. The Balaban J connectivity index is 2.39. The van der Waals surface area contributed by atoms with E-state index in [0.29, 0.717) is 6.04 Å². The molecule has 8 heavy (non-hydrogen) atoms. The van der Waals surface area contributed by atoms with Crippen molar-refractivity contribution in [3.63, 3.8) is 0 Å². The molecule has 2 atom stereocenters. The summed E-state index contributed by atoms with van der Waals surface area (Å²) in [6.45, 7) is 2.98. The third kappa shape index (κ3) is 1.01. The van der Waals surface area contributed by atoms with Crippen LogP contribution in [0.15, 0.2) is 0 Å². The van der Waals surface area contributed by atoms with E-state index in [0.717, 1.165) is 13.0 Å². The molecule has 0 aromatic heterocycles. The van der Waals surface area contributed by atoms with Crippen LogP contribution in [0.1, 0.15) is 13.3 Å². The largest absolute Gasteiger partial charge is 0.392 e. The van der Waals surface area contributed by atoms with Crippen molar-refractivity contribution >= 4 is 0 Å². The lowest BCUT2D eigenvalue weighted by Crippen LogP contribution is -2.21. The summed E-state index contributed by atoms with van der Waals surface area (Å²) in [5, 5.41) is 9.03. The van der Waals surface area contributed by atoms with Crippen molar-refractivity contribution in [2.24, 2.45) is 0 Å². The molecule has 48 valence electrons. The smallest absolute Gasteiger partial charge is 0.0681 e. The van der Waals surface area contributed by atoms with Gasteiger partial charge >= 0.3 is 0 Å². The minimum absolute atomic E-state index is 0.0741. The molecular weight excluding hydrogens is 102 g/mol. The highest BCUT2D eigenvalue weighted by Gasteiger charge is 2.23. The van der Waals surface area contributed by atoms with Crippen molar-refractivity contribution in [1.29, 1.82) is 0 Å². The molecule has 0 saturated carbocycles. The van der Waals surface area contributed by atoms with Gasteiger partial charge in [0, 0.05) is 12.6 Å². The first kappa shape index (κ1) is 6.05. The summed E-state index contributed by atoms with van der Waals surface area (Å²) in [7, 11) is 2.04. The summed E-state index contributed by atoms with van der Waals surface area (Å²) in [5.41, 5.74) is 0. The van der Waals surface area contributed by atoms with Gasteiger partial charge in [0.25, 0.3) is 0 Å². The maximum absolute atomic E-state index is 9.03. The van der Waals surface area contributed by atoms with E-state index in [2.05, 4.69) is 11.8 Å². The second kappa shape index (κ2) is 2.03. The average molecular weight is 115 g/mol. The van der Waals surface area contributed by atoms with E-state index in [-0.39, 0.29) is 6.10 Å². The van der Waals surface area contributed by atoms with E-state index >= 15 is 0 Å². The number of aliphatic hydroxyl groups excluding tert-OH is 1. The van der Waals surface area contributed by atoms with Gasteiger partial charge in [-0.05, 0) is 20.4 Å². The standard InChI is InChI=1S/C6H13NO/c1-5-3-6(8)4-7(5)2/h5-6,8H,3-4H2,1-2H3/t5-,6+/m1/s1. The maximum atomic E-state index is 9.03. The first-order valence-electron chi connectivity index (χ1n) is 3.08. The molecule has 0 unspecified atom stereocenters. The molecule has 0 aliphatic carbocycles. The summed E-state index contributed by atoms with van der Waals surface area (Å²) in [5.74, 6) is 0. The molecule has 1 aliphatic rings. The molecule has 1 fully saturated rings. The predicted molar refractivity (Wildman–Crippen MR) is 32.7 cm³/mol. The fourth-order valence-corrected chi connectivity index (χ4v) is 1.16. The molecular formula is C6H13NO. The highest BCUT2D eigenvalue weighted by molar-refractivity contribution is 4.78. The molecule has 1 aliphatic heterocycles. The monoisotopic (exact) mass is 115 g/mol. The lowest BCUT2D eigenvalue weighted by molar-refractivity contribution is 0.182. The average Bonchev–Trinajstić information content (AvgIpc) is 1.85. The lowest BCUT2D eigenvalue weighted by atomic mass is 10.2. The quantitative estimate of drug-likeness (QED) is 0.483. The number of likely N-dealkylation sites (N-methyl/N-ethyl adjacent to an activating group) is 1. The van der Waals surface area contributed by atoms with E-state index in [1.165, 1.54) is 0 Å². The van der Waals surface area contributed by atoms with Crippen molar-refractivity contribution in [2.45, 2.75) is 25.5 Å². The predicted octanol–water partition coefficient (Wildman–Crippen LogP) is 0.0713. The van der Waals surface area contributed by atoms with Gasteiger partial charge in [0.15, 0.2) is 0 Å². The van der Waals surface area contributed by atoms with Crippen LogP contribution < -0.4 is 0 Å². The van der Waals surface area contributed by atoms with Gasteiger partial charge in [0.1, 0.15) is 0 Å². The first-order valence-corrected chi connectivity index (χ1v) is 3.08. The third-order valence-electron chi connectivity index (χ3n) is 1.86. The highest BCUT2D eigenvalue weighted by Crippen LogP contribution is 2.13.